The van der Waals surface area contributed by atoms with Crippen LogP contribution in [0.1, 0.15) is 35.8 Å². The minimum atomic E-state index is -0.358. The van der Waals surface area contributed by atoms with Crippen molar-refractivity contribution in [2.45, 2.75) is 26.7 Å². The summed E-state index contributed by atoms with van der Waals surface area (Å²) in [6, 6.07) is 12.2. The first-order valence-corrected chi connectivity index (χ1v) is 8.62. The van der Waals surface area contributed by atoms with Crippen molar-refractivity contribution in [3.8, 4) is 5.75 Å². The molecule has 0 unspecified atom stereocenters. The molecule has 0 saturated carbocycles. The van der Waals surface area contributed by atoms with Crippen LogP contribution in [0.5, 0.6) is 5.75 Å². The third kappa shape index (κ3) is 3.74. The van der Waals surface area contributed by atoms with Gasteiger partial charge in [0.15, 0.2) is 0 Å². The molecule has 0 aliphatic heterocycles. The molecule has 0 bridgehead atoms. The number of benzene rings is 1. The van der Waals surface area contributed by atoms with Crippen LogP contribution in [0.2, 0.25) is 0 Å². The van der Waals surface area contributed by atoms with Gasteiger partial charge < -0.3 is 10.1 Å². The van der Waals surface area contributed by atoms with Gasteiger partial charge in [-0.3, -0.25) is 14.0 Å². The zero-order valence-electron chi connectivity index (χ0n) is 14.9. The van der Waals surface area contributed by atoms with E-state index in [1.807, 2.05) is 6.07 Å². The molecule has 0 radical (unpaired) electrons. The molecule has 0 saturated heterocycles. The van der Waals surface area contributed by atoms with E-state index in [2.05, 4.69) is 17.2 Å². The third-order valence-electron chi connectivity index (χ3n) is 4.04. The average molecular weight is 351 g/mol. The fraction of sp³-hybridized carbons (Fsp3) is 0.250. The maximum atomic E-state index is 12.6. The van der Waals surface area contributed by atoms with Crippen molar-refractivity contribution in [3.05, 3.63) is 70.3 Å². The molecule has 0 atom stereocenters. The normalized spacial score (nSPS) is 10.7. The number of aromatic nitrogens is 2. The minimum Gasteiger partial charge on any atom is -0.494 e. The first-order valence-electron chi connectivity index (χ1n) is 8.62. The van der Waals surface area contributed by atoms with E-state index in [0.717, 1.165) is 18.6 Å². The summed E-state index contributed by atoms with van der Waals surface area (Å²) in [5, 5.41) is 2.68. The number of carbonyl (C=O) groups is 1. The van der Waals surface area contributed by atoms with Gasteiger partial charge in [-0.05, 0) is 49.7 Å². The second-order valence-electron chi connectivity index (χ2n) is 5.99. The van der Waals surface area contributed by atoms with Gasteiger partial charge in [0, 0.05) is 11.8 Å². The van der Waals surface area contributed by atoms with E-state index < -0.39 is 0 Å². The van der Waals surface area contributed by atoms with E-state index in [9.17, 15) is 9.59 Å². The molecule has 2 aromatic heterocycles. The van der Waals surface area contributed by atoms with E-state index in [0.29, 0.717) is 23.5 Å². The van der Waals surface area contributed by atoms with Gasteiger partial charge in [-0.15, -0.1) is 0 Å². The number of unbranched alkanes of at least 4 members (excludes halogenated alkanes) is 1. The molecule has 6 nitrogen and oxygen atoms in total. The summed E-state index contributed by atoms with van der Waals surface area (Å²) in [7, 11) is 0. The quantitative estimate of drug-likeness (QED) is 0.691. The molecular weight excluding hydrogens is 330 g/mol. The molecule has 0 aliphatic rings. The van der Waals surface area contributed by atoms with Gasteiger partial charge >= 0.3 is 0 Å². The Kier molecular flexibility index (Phi) is 5.31. The van der Waals surface area contributed by atoms with Crippen LogP contribution in [-0.2, 0) is 0 Å². The first-order chi connectivity index (χ1) is 12.6. The number of ether oxygens (including phenoxy) is 1. The number of nitrogens with zero attached hydrogens (tertiary/aromatic N) is 2. The predicted octanol–water partition coefficient (Wildman–Crippen LogP) is 3.43. The summed E-state index contributed by atoms with van der Waals surface area (Å²) in [4.78, 5) is 29.5. The van der Waals surface area contributed by atoms with E-state index in [4.69, 9.17) is 4.74 Å². The highest BCUT2D eigenvalue weighted by atomic mass is 16.5. The SMILES string of the molecule is CCCCOc1ccc(C(=O)Nc2c(C)nc3ccccn3c2=O)cc1. The molecule has 0 fully saturated rings. The molecule has 2 heterocycles. The molecule has 0 spiro atoms. The average Bonchev–Trinajstić information content (AvgIpc) is 2.66. The number of amides is 1. The van der Waals surface area contributed by atoms with Gasteiger partial charge in [-0.1, -0.05) is 19.4 Å². The van der Waals surface area contributed by atoms with Crippen molar-refractivity contribution in [2.75, 3.05) is 11.9 Å². The Hall–Kier alpha value is -3.15. The van der Waals surface area contributed by atoms with Crippen LogP contribution in [0.15, 0.2) is 53.5 Å². The molecule has 1 aromatic carbocycles. The van der Waals surface area contributed by atoms with Crippen LogP contribution < -0.4 is 15.6 Å². The van der Waals surface area contributed by atoms with Crippen LogP contribution >= 0.6 is 0 Å². The number of pyridine rings is 1. The molecule has 3 aromatic rings. The Morgan fingerprint density at radius 3 is 2.69 bits per heavy atom. The highest BCUT2D eigenvalue weighted by molar-refractivity contribution is 6.04. The zero-order chi connectivity index (χ0) is 18.5. The predicted molar refractivity (Wildman–Crippen MR) is 101 cm³/mol. The largest absolute Gasteiger partial charge is 0.494 e. The fourth-order valence-electron chi connectivity index (χ4n) is 2.57. The van der Waals surface area contributed by atoms with Crippen molar-refractivity contribution in [3.63, 3.8) is 0 Å². The van der Waals surface area contributed by atoms with E-state index in [1.165, 1.54) is 4.40 Å². The highest BCUT2D eigenvalue weighted by Gasteiger charge is 2.14. The summed E-state index contributed by atoms with van der Waals surface area (Å²) in [6.07, 6.45) is 3.68. The van der Waals surface area contributed by atoms with Crippen LogP contribution in [0.25, 0.3) is 5.65 Å². The molecule has 1 N–H and O–H groups in total. The summed E-state index contributed by atoms with van der Waals surface area (Å²) in [5.74, 6) is 0.363. The van der Waals surface area contributed by atoms with Crippen molar-refractivity contribution in [1.82, 2.24) is 9.38 Å². The Morgan fingerprint density at radius 2 is 1.96 bits per heavy atom. The van der Waals surface area contributed by atoms with Crippen molar-refractivity contribution < 1.29 is 9.53 Å². The molecule has 6 heteroatoms. The van der Waals surface area contributed by atoms with Gasteiger partial charge in [0.05, 0.1) is 12.3 Å². The fourth-order valence-corrected chi connectivity index (χ4v) is 2.57. The van der Waals surface area contributed by atoms with Gasteiger partial charge in [0.25, 0.3) is 11.5 Å². The third-order valence-corrected chi connectivity index (χ3v) is 4.04. The lowest BCUT2D eigenvalue weighted by atomic mass is 10.2. The van der Waals surface area contributed by atoms with E-state index >= 15 is 0 Å². The second-order valence-corrected chi connectivity index (χ2v) is 5.99. The standard InChI is InChI=1S/C20H21N3O3/c1-3-4-13-26-16-10-8-15(9-11-16)19(24)22-18-14(2)21-17-7-5-6-12-23(17)20(18)25/h5-12H,3-4,13H2,1-2H3,(H,22,24). The maximum Gasteiger partial charge on any atom is 0.281 e. The molecule has 134 valence electrons. The van der Waals surface area contributed by atoms with Crippen LogP contribution in [-0.4, -0.2) is 21.9 Å². The lowest BCUT2D eigenvalue weighted by Gasteiger charge is -2.10. The minimum absolute atomic E-state index is 0.182. The van der Waals surface area contributed by atoms with Gasteiger partial charge in [-0.2, -0.15) is 0 Å². The summed E-state index contributed by atoms with van der Waals surface area (Å²) in [6.45, 7) is 4.46. The lowest BCUT2D eigenvalue weighted by molar-refractivity contribution is 0.102. The number of anilines is 1. The Bertz CT molecular complexity index is 978. The number of hydrogen-bond acceptors (Lipinski definition) is 4. The number of rotatable bonds is 6. The van der Waals surface area contributed by atoms with Crippen LogP contribution in [0, 0.1) is 6.92 Å². The Morgan fingerprint density at radius 1 is 1.19 bits per heavy atom. The molecule has 1 amide bonds. The van der Waals surface area contributed by atoms with Crippen molar-refractivity contribution >= 4 is 17.2 Å². The number of carbonyl (C=O) groups excluding carboxylic acids is 1. The molecule has 26 heavy (non-hydrogen) atoms. The van der Waals surface area contributed by atoms with E-state index in [-0.39, 0.29) is 17.2 Å². The summed E-state index contributed by atoms with van der Waals surface area (Å²) < 4.78 is 7.00. The number of nitrogens with one attached hydrogen (secondary N) is 1. The smallest absolute Gasteiger partial charge is 0.281 e. The summed E-state index contributed by atoms with van der Waals surface area (Å²) >= 11 is 0. The van der Waals surface area contributed by atoms with E-state index in [1.54, 1.807) is 49.5 Å². The first kappa shape index (κ1) is 17.7. The van der Waals surface area contributed by atoms with Gasteiger partial charge in [0.1, 0.15) is 17.1 Å². The van der Waals surface area contributed by atoms with Crippen LogP contribution in [0.3, 0.4) is 0 Å². The Balaban J connectivity index is 1.80. The Labute approximate surface area is 151 Å². The van der Waals surface area contributed by atoms with Gasteiger partial charge in [0.2, 0.25) is 0 Å². The topological polar surface area (TPSA) is 72.7 Å². The number of fused-ring (bicyclic) bond motifs is 1. The van der Waals surface area contributed by atoms with Crippen LogP contribution in [0.4, 0.5) is 5.69 Å². The number of aryl methyl sites for hydroxylation is 1. The second kappa shape index (κ2) is 7.82. The molecule has 3 rings (SSSR count). The monoisotopic (exact) mass is 351 g/mol. The maximum absolute atomic E-state index is 12.6. The molecular formula is C20H21N3O3. The highest BCUT2D eigenvalue weighted by Crippen LogP contribution is 2.15. The summed E-state index contributed by atoms with van der Waals surface area (Å²) in [5.41, 5.74) is 1.35. The lowest BCUT2D eigenvalue weighted by Crippen LogP contribution is -2.24. The van der Waals surface area contributed by atoms with Crippen molar-refractivity contribution in [1.29, 1.82) is 0 Å². The number of hydrogen-bond donors (Lipinski definition) is 1. The van der Waals surface area contributed by atoms with Crippen molar-refractivity contribution in [2.24, 2.45) is 0 Å². The molecule has 0 aliphatic carbocycles. The van der Waals surface area contributed by atoms with Gasteiger partial charge in [-0.25, -0.2) is 4.98 Å². The zero-order valence-corrected chi connectivity index (χ0v) is 14.9.